The Balaban J connectivity index is 2.85. The van der Waals surface area contributed by atoms with Gasteiger partial charge in [0.2, 0.25) is 0 Å². The van der Waals surface area contributed by atoms with Gasteiger partial charge in [0.05, 0.1) is 24.8 Å². The molecule has 1 heterocycles. The minimum absolute atomic E-state index is 0.195. The van der Waals surface area contributed by atoms with Crippen LogP contribution < -0.4 is 0 Å². The maximum atomic E-state index is 12.3. The van der Waals surface area contributed by atoms with Gasteiger partial charge in [-0.05, 0) is 13.8 Å². The van der Waals surface area contributed by atoms with Gasteiger partial charge in [-0.25, -0.2) is 0 Å². The average Bonchev–Trinajstić information content (AvgIpc) is 2.24. The van der Waals surface area contributed by atoms with E-state index < -0.39 is 15.7 Å². The molecule has 0 bridgehead atoms. The van der Waals surface area contributed by atoms with E-state index >= 15 is 0 Å². The number of rotatable bonds is 4. The van der Waals surface area contributed by atoms with Crippen LogP contribution in [-0.2, 0) is 14.9 Å². The Labute approximate surface area is 103 Å². The van der Waals surface area contributed by atoms with Crippen LogP contribution in [0.1, 0.15) is 20.3 Å². The van der Waals surface area contributed by atoms with Crippen molar-refractivity contribution in [1.29, 1.82) is 5.26 Å². The van der Waals surface area contributed by atoms with Crippen molar-refractivity contribution in [3.63, 3.8) is 0 Å². The molecule has 1 aliphatic heterocycles. The standard InChI is InChI=1S/C10H19N3O3S/c1-10(2)9-16-8-7-13(10)17(14,15)12(3)6-4-5-11/h4,6-9H2,1-3H3. The molecule has 0 spiro atoms. The Bertz CT molecular complexity index is 400. The molecule has 0 radical (unpaired) electrons. The Morgan fingerprint density at radius 3 is 2.71 bits per heavy atom. The van der Waals surface area contributed by atoms with E-state index in [-0.39, 0.29) is 13.0 Å². The van der Waals surface area contributed by atoms with Crippen molar-refractivity contribution in [2.75, 3.05) is 33.4 Å². The largest absolute Gasteiger partial charge is 0.378 e. The van der Waals surface area contributed by atoms with E-state index in [1.807, 2.05) is 19.9 Å². The molecule has 7 heteroatoms. The predicted octanol–water partition coefficient (Wildman–Crippen LogP) is 0.187. The van der Waals surface area contributed by atoms with E-state index in [4.69, 9.17) is 10.00 Å². The van der Waals surface area contributed by atoms with Crippen LogP contribution in [0.15, 0.2) is 0 Å². The average molecular weight is 261 g/mol. The van der Waals surface area contributed by atoms with Gasteiger partial charge < -0.3 is 4.74 Å². The number of nitriles is 1. The van der Waals surface area contributed by atoms with Gasteiger partial charge in [-0.1, -0.05) is 0 Å². The smallest absolute Gasteiger partial charge is 0.282 e. The Morgan fingerprint density at radius 1 is 1.53 bits per heavy atom. The molecular weight excluding hydrogens is 242 g/mol. The highest BCUT2D eigenvalue weighted by atomic mass is 32.2. The van der Waals surface area contributed by atoms with E-state index in [9.17, 15) is 8.42 Å². The molecule has 0 aromatic heterocycles. The summed E-state index contributed by atoms with van der Waals surface area (Å²) in [7, 11) is -2.01. The molecule has 0 saturated carbocycles. The van der Waals surface area contributed by atoms with E-state index in [2.05, 4.69) is 0 Å². The molecule has 1 aliphatic rings. The van der Waals surface area contributed by atoms with Gasteiger partial charge in [0.15, 0.2) is 0 Å². The summed E-state index contributed by atoms with van der Waals surface area (Å²) < 4.78 is 32.6. The van der Waals surface area contributed by atoms with Crippen molar-refractivity contribution < 1.29 is 13.2 Å². The topological polar surface area (TPSA) is 73.6 Å². The number of ether oxygens (including phenoxy) is 1. The Kier molecular flexibility index (Phi) is 4.49. The second kappa shape index (κ2) is 5.31. The van der Waals surface area contributed by atoms with Crippen LogP contribution in [0.3, 0.4) is 0 Å². The van der Waals surface area contributed by atoms with Crippen molar-refractivity contribution in [2.45, 2.75) is 25.8 Å². The monoisotopic (exact) mass is 261 g/mol. The molecule has 0 amide bonds. The van der Waals surface area contributed by atoms with E-state index in [0.29, 0.717) is 19.8 Å². The second-order valence-corrected chi connectivity index (χ2v) is 6.63. The van der Waals surface area contributed by atoms with Crippen LogP contribution in [0.2, 0.25) is 0 Å². The molecule has 0 N–H and O–H groups in total. The molecule has 98 valence electrons. The third-order valence-corrected chi connectivity index (χ3v) is 4.98. The van der Waals surface area contributed by atoms with Crippen molar-refractivity contribution in [3.05, 3.63) is 0 Å². The lowest BCUT2D eigenvalue weighted by Gasteiger charge is -2.42. The summed E-state index contributed by atoms with van der Waals surface area (Å²) in [5.74, 6) is 0. The molecule has 6 nitrogen and oxygen atoms in total. The summed E-state index contributed by atoms with van der Waals surface area (Å²) in [5, 5.41) is 8.49. The van der Waals surface area contributed by atoms with Crippen molar-refractivity contribution in [2.24, 2.45) is 0 Å². The normalized spacial score (nSPS) is 21.4. The molecule has 1 saturated heterocycles. The molecule has 0 aromatic carbocycles. The first-order valence-corrected chi connectivity index (χ1v) is 6.91. The molecule has 1 rings (SSSR count). The molecular formula is C10H19N3O3S. The van der Waals surface area contributed by atoms with Gasteiger partial charge >= 0.3 is 0 Å². The summed E-state index contributed by atoms with van der Waals surface area (Å²) in [4.78, 5) is 0. The number of hydrogen-bond donors (Lipinski definition) is 0. The van der Waals surface area contributed by atoms with E-state index in [0.717, 1.165) is 0 Å². The van der Waals surface area contributed by atoms with Crippen LogP contribution in [0, 0.1) is 11.3 Å². The first-order chi connectivity index (χ1) is 7.82. The van der Waals surface area contributed by atoms with Crippen molar-refractivity contribution >= 4 is 10.2 Å². The third kappa shape index (κ3) is 3.16. The van der Waals surface area contributed by atoms with Gasteiger partial charge in [-0.15, -0.1) is 0 Å². The summed E-state index contributed by atoms with van der Waals surface area (Å²) >= 11 is 0. The van der Waals surface area contributed by atoms with E-state index in [1.54, 1.807) is 0 Å². The van der Waals surface area contributed by atoms with Crippen LogP contribution in [0.5, 0.6) is 0 Å². The maximum absolute atomic E-state index is 12.3. The van der Waals surface area contributed by atoms with Gasteiger partial charge in [-0.3, -0.25) is 0 Å². The fourth-order valence-electron chi connectivity index (χ4n) is 1.76. The van der Waals surface area contributed by atoms with Gasteiger partial charge in [0.1, 0.15) is 0 Å². The molecule has 0 unspecified atom stereocenters. The van der Waals surface area contributed by atoms with Crippen LogP contribution in [0.25, 0.3) is 0 Å². The van der Waals surface area contributed by atoms with Crippen LogP contribution >= 0.6 is 0 Å². The highest BCUT2D eigenvalue weighted by Gasteiger charge is 2.40. The number of hydrogen-bond acceptors (Lipinski definition) is 4. The lowest BCUT2D eigenvalue weighted by atomic mass is 10.1. The molecule has 0 aromatic rings. The molecule has 1 fully saturated rings. The summed E-state index contributed by atoms with van der Waals surface area (Å²) in [6.45, 7) is 5.04. The third-order valence-electron chi connectivity index (χ3n) is 2.78. The first-order valence-electron chi connectivity index (χ1n) is 5.51. The van der Waals surface area contributed by atoms with Crippen LogP contribution in [-0.4, -0.2) is 55.9 Å². The van der Waals surface area contributed by atoms with E-state index in [1.165, 1.54) is 15.7 Å². The molecule has 0 atom stereocenters. The lowest BCUT2D eigenvalue weighted by molar-refractivity contribution is -0.0101. The van der Waals surface area contributed by atoms with Crippen LogP contribution in [0.4, 0.5) is 0 Å². The first kappa shape index (κ1) is 14.4. The molecule has 0 aliphatic carbocycles. The minimum Gasteiger partial charge on any atom is -0.378 e. The fourth-order valence-corrected chi connectivity index (χ4v) is 3.40. The zero-order valence-corrected chi connectivity index (χ0v) is 11.3. The maximum Gasteiger partial charge on any atom is 0.282 e. The number of nitrogens with zero attached hydrogens (tertiary/aromatic N) is 3. The van der Waals surface area contributed by atoms with Gasteiger partial charge in [-0.2, -0.15) is 22.3 Å². The van der Waals surface area contributed by atoms with Crippen molar-refractivity contribution in [1.82, 2.24) is 8.61 Å². The van der Waals surface area contributed by atoms with Gasteiger partial charge in [0, 0.05) is 26.6 Å². The zero-order chi connectivity index (χ0) is 13.1. The zero-order valence-electron chi connectivity index (χ0n) is 10.5. The minimum atomic E-state index is -3.51. The summed E-state index contributed by atoms with van der Waals surface area (Å²) in [6.07, 6.45) is 0.195. The number of morpholine rings is 1. The summed E-state index contributed by atoms with van der Waals surface area (Å²) in [5.41, 5.74) is -0.544. The lowest BCUT2D eigenvalue weighted by Crippen LogP contribution is -2.58. The van der Waals surface area contributed by atoms with Gasteiger partial charge in [0.25, 0.3) is 10.2 Å². The Morgan fingerprint density at radius 2 is 2.18 bits per heavy atom. The highest BCUT2D eigenvalue weighted by Crippen LogP contribution is 2.24. The summed E-state index contributed by atoms with van der Waals surface area (Å²) in [6, 6.07) is 1.95. The molecule has 17 heavy (non-hydrogen) atoms. The quantitative estimate of drug-likeness (QED) is 0.724. The predicted molar refractivity (Wildman–Crippen MR) is 63.4 cm³/mol. The second-order valence-electron chi connectivity index (χ2n) is 4.67. The van der Waals surface area contributed by atoms with Crippen molar-refractivity contribution in [3.8, 4) is 6.07 Å². The fraction of sp³-hybridized carbons (Fsp3) is 0.900. The SMILES string of the molecule is CN(CCC#N)S(=O)(=O)N1CCOCC1(C)C. The Hall–Kier alpha value is -0.680. The highest BCUT2D eigenvalue weighted by molar-refractivity contribution is 7.86.